The Hall–Kier alpha value is -3.19. The van der Waals surface area contributed by atoms with Gasteiger partial charge in [-0.05, 0) is 43.9 Å². The molecule has 8 heteroatoms. The van der Waals surface area contributed by atoms with Gasteiger partial charge >= 0.3 is 0 Å². The van der Waals surface area contributed by atoms with Crippen LogP contribution in [0, 0.1) is 12.8 Å². The molecule has 160 valence electrons. The number of nitrogens with one attached hydrogen (secondary N) is 1. The number of nitrogens with zero attached hydrogens (tertiary/aromatic N) is 3. The Bertz CT molecular complexity index is 1080. The molecule has 0 aliphatic carbocycles. The lowest BCUT2D eigenvalue weighted by molar-refractivity contribution is 0.0684. The van der Waals surface area contributed by atoms with Crippen LogP contribution in [-0.2, 0) is 0 Å². The number of pyridine rings is 1. The summed E-state index contributed by atoms with van der Waals surface area (Å²) in [6.07, 6.45) is 4.89. The van der Waals surface area contributed by atoms with Crippen LogP contribution < -0.4 is 5.32 Å². The standard InChI is InChI=1S/C23H23ClN4O3/c1-15-20(21(27-31-15)18-6-2-3-7-19(18)24)22(29)26-13-16-8-11-28(12-9-16)23(30)17-5-4-10-25-14-17/h2-7,10,14,16H,8-9,11-13H2,1H3,(H,26,29). The summed E-state index contributed by atoms with van der Waals surface area (Å²) in [6.45, 7) is 3.56. The molecule has 2 amide bonds. The Morgan fingerprint density at radius 2 is 1.97 bits per heavy atom. The molecule has 3 heterocycles. The molecule has 1 N–H and O–H groups in total. The first-order chi connectivity index (χ1) is 15.0. The van der Waals surface area contributed by atoms with Crippen molar-refractivity contribution in [2.24, 2.45) is 5.92 Å². The molecule has 4 rings (SSSR count). The molecule has 0 spiro atoms. The maximum absolute atomic E-state index is 12.9. The van der Waals surface area contributed by atoms with Gasteiger partial charge in [0.1, 0.15) is 17.0 Å². The van der Waals surface area contributed by atoms with Crippen LogP contribution in [0.3, 0.4) is 0 Å². The summed E-state index contributed by atoms with van der Waals surface area (Å²) < 4.78 is 5.28. The zero-order chi connectivity index (χ0) is 21.8. The lowest BCUT2D eigenvalue weighted by Gasteiger charge is -2.32. The van der Waals surface area contributed by atoms with Crippen LogP contribution in [0.15, 0.2) is 53.3 Å². The Morgan fingerprint density at radius 1 is 1.19 bits per heavy atom. The van der Waals surface area contributed by atoms with Crippen molar-refractivity contribution in [1.29, 1.82) is 0 Å². The third-order valence-corrected chi connectivity index (χ3v) is 5.91. The summed E-state index contributed by atoms with van der Waals surface area (Å²) in [5, 5.41) is 7.57. The topological polar surface area (TPSA) is 88.3 Å². The summed E-state index contributed by atoms with van der Waals surface area (Å²) in [5.41, 5.74) is 2.10. The predicted molar refractivity (Wildman–Crippen MR) is 117 cm³/mol. The Balaban J connectivity index is 1.35. The van der Waals surface area contributed by atoms with Crippen LogP contribution in [0.2, 0.25) is 5.02 Å². The van der Waals surface area contributed by atoms with Crippen molar-refractivity contribution in [2.45, 2.75) is 19.8 Å². The maximum atomic E-state index is 12.9. The van der Waals surface area contributed by atoms with Crippen LogP contribution in [0.25, 0.3) is 11.3 Å². The summed E-state index contributed by atoms with van der Waals surface area (Å²) in [7, 11) is 0. The molecule has 1 aliphatic rings. The van der Waals surface area contributed by atoms with E-state index >= 15 is 0 Å². The third kappa shape index (κ3) is 4.61. The van der Waals surface area contributed by atoms with Gasteiger partial charge in [0.2, 0.25) is 0 Å². The number of aryl methyl sites for hydroxylation is 1. The minimum Gasteiger partial charge on any atom is -0.360 e. The number of amides is 2. The minimum absolute atomic E-state index is 0.0000588. The molecule has 0 bridgehead atoms. The molecule has 7 nitrogen and oxygen atoms in total. The van der Waals surface area contributed by atoms with Crippen LogP contribution in [0.4, 0.5) is 0 Å². The monoisotopic (exact) mass is 438 g/mol. The number of benzene rings is 1. The SMILES string of the molecule is Cc1onc(-c2ccccc2Cl)c1C(=O)NCC1CCN(C(=O)c2cccnc2)CC1. The quantitative estimate of drug-likeness (QED) is 0.650. The van der Waals surface area contributed by atoms with Crippen LogP contribution in [0.5, 0.6) is 0 Å². The summed E-state index contributed by atoms with van der Waals surface area (Å²) >= 11 is 6.28. The first kappa shape index (κ1) is 21.1. The maximum Gasteiger partial charge on any atom is 0.257 e. The van der Waals surface area contributed by atoms with Crippen molar-refractivity contribution < 1.29 is 14.1 Å². The molecule has 0 atom stereocenters. The number of carbonyl (C=O) groups excluding carboxylic acids is 2. The molecular weight excluding hydrogens is 416 g/mol. The summed E-state index contributed by atoms with van der Waals surface area (Å²) in [5.74, 6) is 0.512. The second-order valence-electron chi connectivity index (χ2n) is 7.63. The van der Waals surface area contributed by atoms with Crippen molar-refractivity contribution in [2.75, 3.05) is 19.6 Å². The van der Waals surface area contributed by atoms with Crippen molar-refractivity contribution in [3.63, 3.8) is 0 Å². The van der Waals surface area contributed by atoms with Crippen LogP contribution >= 0.6 is 11.6 Å². The van der Waals surface area contributed by atoms with Gasteiger partial charge < -0.3 is 14.7 Å². The van der Waals surface area contributed by atoms with Gasteiger partial charge in [0, 0.05) is 37.6 Å². The van der Waals surface area contributed by atoms with E-state index in [4.69, 9.17) is 16.1 Å². The molecule has 31 heavy (non-hydrogen) atoms. The highest BCUT2D eigenvalue weighted by Gasteiger charge is 2.26. The van der Waals surface area contributed by atoms with Gasteiger partial charge in [-0.25, -0.2) is 0 Å². The number of halogens is 1. The number of hydrogen-bond donors (Lipinski definition) is 1. The Morgan fingerprint density at radius 3 is 2.68 bits per heavy atom. The first-order valence-electron chi connectivity index (χ1n) is 10.2. The number of aromatic nitrogens is 2. The zero-order valence-corrected chi connectivity index (χ0v) is 17.9. The third-order valence-electron chi connectivity index (χ3n) is 5.58. The minimum atomic E-state index is -0.234. The molecule has 1 aromatic carbocycles. The average Bonchev–Trinajstić information content (AvgIpc) is 3.19. The normalized spacial score (nSPS) is 14.5. The lowest BCUT2D eigenvalue weighted by Crippen LogP contribution is -2.41. The van der Waals surface area contributed by atoms with E-state index in [1.54, 1.807) is 37.5 Å². The smallest absolute Gasteiger partial charge is 0.257 e. The van der Waals surface area contributed by atoms with Crippen molar-refractivity contribution in [3.05, 3.63) is 70.7 Å². The van der Waals surface area contributed by atoms with E-state index in [1.165, 1.54) is 0 Å². The highest BCUT2D eigenvalue weighted by molar-refractivity contribution is 6.33. The molecule has 0 saturated carbocycles. The van der Waals surface area contributed by atoms with E-state index in [9.17, 15) is 9.59 Å². The fraction of sp³-hybridized carbons (Fsp3) is 0.304. The van der Waals surface area contributed by atoms with Gasteiger partial charge in [-0.3, -0.25) is 14.6 Å². The van der Waals surface area contributed by atoms with E-state index in [1.807, 2.05) is 23.1 Å². The molecule has 0 radical (unpaired) electrons. The molecule has 1 fully saturated rings. The molecule has 1 aliphatic heterocycles. The van der Waals surface area contributed by atoms with Gasteiger partial charge in [0.05, 0.1) is 10.6 Å². The average molecular weight is 439 g/mol. The Kier molecular flexibility index (Phi) is 6.32. The highest BCUT2D eigenvalue weighted by atomic mass is 35.5. The molecule has 3 aromatic rings. The molecule has 2 aromatic heterocycles. The Labute approximate surface area is 185 Å². The van der Waals surface area contributed by atoms with Crippen molar-refractivity contribution in [3.8, 4) is 11.3 Å². The van der Waals surface area contributed by atoms with Gasteiger partial charge in [0.25, 0.3) is 11.8 Å². The lowest BCUT2D eigenvalue weighted by atomic mass is 9.96. The number of hydrogen-bond acceptors (Lipinski definition) is 5. The van der Waals surface area contributed by atoms with Gasteiger partial charge in [-0.15, -0.1) is 0 Å². The van der Waals surface area contributed by atoms with E-state index < -0.39 is 0 Å². The molecule has 1 saturated heterocycles. The van der Waals surface area contributed by atoms with Crippen molar-refractivity contribution >= 4 is 23.4 Å². The predicted octanol–water partition coefficient (Wildman–Crippen LogP) is 3.98. The van der Waals surface area contributed by atoms with Crippen LogP contribution in [0.1, 0.15) is 39.3 Å². The molecular formula is C23H23ClN4O3. The number of piperidine rings is 1. The van der Waals surface area contributed by atoms with Crippen molar-refractivity contribution in [1.82, 2.24) is 20.4 Å². The van der Waals surface area contributed by atoms with Gasteiger partial charge in [0.15, 0.2) is 0 Å². The second kappa shape index (κ2) is 9.31. The van der Waals surface area contributed by atoms with E-state index in [0.717, 1.165) is 12.8 Å². The van der Waals surface area contributed by atoms with E-state index in [2.05, 4.69) is 15.5 Å². The second-order valence-corrected chi connectivity index (χ2v) is 8.04. The van der Waals surface area contributed by atoms with Crippen LogP contribution in [-0.4, -0.2) is 46.5 Å². The fourth-order valence-electron chi connectivity index (χ4n) is 3.81. The number of likely N-dealkylation sites (tertiary alicyclic amines) is 1. The van der Waals surface area contributed by atoms with E-state index in [-0.39, 0.29) is 11.8 Å². The largest absolute Gasteiger partial charge is 0.360 e. The number of rotatable bonds is 5. The first-order valence-corrected chi connectivity index (χ1v) is 10.6. The van der Waals surface area contributed by atoms with E-state index in [0.29, 0.717) is 58.7 Å². The number of carbonyl (C=O) groups is 2. The van der Waals surface area contributed by atoms with Gasteiger partial charge in [-0.2, -0.15) is 0 Å². The fourth-order valence-corrected chi connectivity index (χ4v) is 4.04. The summed E-state index contributed by atoms with van der Waals surface area (Å²) in [4.78, 5) is 31.3. The highest BCUT2D eigenvalue weighted by Crippen LogP contribution is 2.31. The molecule has 0 unspecified atom stereocenters. The van der Waals surface area contributed by atoms with Gasteiger partial charge in [-0.1, -0.05) is 35.0 Å². The summed E-state index contributed by atoms with van der Waals surface area (Å²) in [6, 6.07) is 10.8. The zero-order valence-electron chi connectivity index (χ0n) is 17.2.